The number of hydrogen-bond acceptors (Lipinski definition) is 5. The summed E-state index contributed by atoms with van der Waals surface area (Å²) in [6.45, 7) is 2.00. The van der Waals surface area contributed by atoms with E-state index in [1.54, 1.807) is 32.6 Å². The maximum Gasteiger partial charge on any atom is 0.307 e. The molecule has 0 bridgehead atoms. The molecule has 1 amide bonds. The molecular weight excluding hydrogens is 382 g/mol. The summed E-state index contributed by atoms with van der Waals surface area (Å²) in [4.78, 5) is 12.5. The molecule has 0 fully saturated rings. The monoisotopic (exact) mass is 403 g/mol. The molecule has 2 aromatic carbocycles. The van der Waals surface area contributed by atoms with Crippen LogP contribution in [-0.2, 0) is 0 Å². The summed E-state index contributed by atoms with van der Waals surface area (Å²) in [6.07, 6.45) is 1.60. The Morgan fingerprint density at radius 1 is 1.07 bits per heavy atom. The van der Waals surface area contributed by atoms with Gasteiger partial charge in [-0.3, -0.25) is 4.79 Å². The molecule has 2 heterocycles. The van der Waals surface area contributed by atoms with Crippen molar-refractivity contribution in [2.45, 2.75) is 6.92 Å². The molecule has 0 aliphatic rings. The minimum absolute atomic E-state index is 0.161. The first-order valence-electron chi connectivity index (χ1n) is 9.33. The van der Waals surface area contributed by atoms with Gasteiger partial charge >= 0.3 is 5.91 Å². The lowest BCUT2D eigenvalue weighted by molar-refractivity contribution is 0.0929. The zero-order valence-corrected chi connectivity index (χ0v) is 16.9. The number of methoxy groups -OCH3 is 2. The van der Waals surface area contributed by atoms with Crippen LogP contribution in [0, 0.1) is 6.92 Å². The second-order valence-electron chi connectivity index (χ2n) is 6.62. The summed E-state index contributed by atoms with van der Waals surface area (Å²) in [7, 11) is 3.19. The summed E-state index contributed by atoms with van der Waals surface area (Å²) in [5, 5.41) is 4.89. The van der Waals surface area contributed by atoms with Crippen molar-refractivity contribution in [3.63, 3.8) is 0 Å². The van der Waals surface area contributed by atoms with Gasteiger partial charge in [-0.2, -0.15) is 5.10 Å². The van der Waals surface area contributed by atoms with Gasteiger partial charge in [0.2, 0.25) is 0 Å². The maximum atomic E-state index is 12.5. The zero-order valence-electron chi connectivity index (χ0n) is 16.9. The van der Waals surface area contributed by atoms with E-state index in [1.807, 2.05) is 60.0 Å². The normalized spacial score (nSPS) is 11.2. The number of carbonyl (C=O) groups is 1. The molecule has 2 aromatic heterocycles. The van der Waals surface area contributed by atoms with Crippen molar-refractivity contribution in [3.05, 3.63) is 77.8 Å². The number of fused-ring (bicyclic) bond motifs is 1. The molecular formula is C23H21N3O4. The number of nitrogens with zero attached hydrogens (tertiary/aromatic N) is 2. The molecule has 30 heavy (non-hydrogen) atoms. The SMILES string of the molecule is COc1ccc(-n2c(C)ccc2/C=N/NC(=O)c2cc3cccc(OC)c3o2)cc1. The molecule has 7 nitrogen and oxygen atoms in total. The quantitative estimate of drug-likeness (QED) is 0.384. The molecule has 4 rings (SSSR count). The van der Waals surface area contributed by atoms with Gasteiger partial charge in [0.1, 0.15) is 5.75 Å². The van der Waals surface area contributed by atoms with Gasteiger partial charge in [0.05, 0.1) is 26.1 Å². The van der Waals surface area contributed by atoms with Gasteiger partial charge in [-0.1, -0.05) is 12.1 Å². The van der Waals surface area contributed by atoms with Gasteiger partial charge in [-0.05, 0) is 55.5 Å². The van der Waals surface area contributed by atoms with E-state index in [1.165, 1.54) is 0 Å². The smallest absolute Gasteiger partial charge is 0.307 e. The second-order valence-corrected chi connectivity index (χ2v) is 6.62. The van der Waals surface area contributed by atoms with Crippen LogP contribution in [0.5, 0.6) is 11.5 Å². The van der Waals surface area contributed by atoms with E-state index < -0.39 is 5.91 Å². The van der Waals surface area contributed by atoms with E-state index in [2.05, 4.69) is 10.5 Å². The van der Waals surface area contributed by atoms with Crippen LogP contribution in [0.25, 0.3) is 16.7 Å². The number of furan rings is 1. The molecule has 0 unspecified atom stereocenters. The van der Waals surface area contributed by atoms with Crippen LogP contribution in [-0.4, -0.2) is 30.9 Å². The van der Waals surface area contributed by atoms with Crippen molar-refractivity contribution < 1.29 is 18.7 Å². The van der Waals surface area contributed by atoms with Crippen molar-refractivity contribution in [1.82, 2.24) is 9.99 Å². The summed E-state index contributed by atoms with van der Waals surface area (Å²) in [5.74, 6) is 1.08. The highest BCUT2D eigenvalue weighted by Crippen LogP contribution is 2.28. The average Bonchev–Trinajstić information content (AvgIpc) is 3.37. The van der Waals surface area contributed by atoms with Crippen LogP contribution >= 0.6 is 0 Å². The van der Waals surface area contributed by atoms with Gasteiger partial charge < -0.3 is 18.5 Å². The van der Waals surface area contributed by atoms with E-state index >= 15 is 0 Å². The van der Waals surface area contributed by atoms with Crippen molar-refractivity contribution in [2.75, 3.05) is 14.2 Å². The number of amides is 1. The third-order valence-electron chi connectivity index (χ3n) is 4.75. The Bertz CT molecular complexity index is 1220. The highest BCUT2D eigenvalue weighted by atomic mass is 16.5. The summed E-state index contributed by atoms with van der Waals surface area (Å²) >= 11 is 0. The first-order valence-corrected chi connectivity index (χ1v) is 9.33. The molecule has 7 heteroatoms. The number of benzene rings is 2. The molecule has 152 valence electrons. The molecule has 0 spiro atoms. The Kier molecular flexibility index (Phi) is 5.26. The van der Waals surface area contributed by atoms with E-state index in [0.29, 0.717) is 11.3 Å². The number of carbonyl (C=O) groups excluding carboxylic acids is 1. The van der Waals surface area contributed by atoms with Gasteiger partial charge in [0, 0.05) is 16.8 Å². The molecule has 0 aliphatic heterocycles. The van der Waals surface area contributed by atoms with Crippen LogP contribution in [0.2, 0.25) is 0 Å². The highest BCUT2D eigenvalue weighted by molar-refractivity contribution is 5.97. The summed E-state index contributed by atoms with van der Waals surface area (Å²) in [6, 6.07) is 18.8. The Balaban J connectivity index is 1.53. The fraction of sp³-hybridized carbons (Fsp3) is 0.130. The fourth-order valence-electron chi connectivity index (χ4n) is 3.26. The number of hydrogen-bond donors (Lipinski definition) is 1. The second kappa shape index (κ2) is 8.16. The number of rotatable bonds is 6. The van der Waals surface area contributed by atoms with E-state index in [0.717, 1.165) is 28.2 Å². The lowest BCUT2D eigenvalue weighted by Crippen LogP contribution is -2.17. The van der Waals surface area contributed by atoms with E-state index in [9.17, 15) is 4.79 Å². The fourth-order valence-corrected chi connectivity index (χ4v) is 3.26. The van der Waals surface area contributed by atoms with Crippen molar-refractivity contribution >= 4 is 23.1 Å². The largest absolute Gasteiger partial charge is 0.497 e. The molecule has 1 N–H and O–H groups in total. The molecule has 0 saturated heterocycles. The van der Waals surface area contributed by atoms with E-state index in [-0.39, 0.29) is 5.76 Å². The minimum atomic E-state index is -0.441. The van der Waals surface area contributed by atoms with Crippen molar-refractivity contribution in [3.8, 4) is 17.2 Å². The highest BCUT2D eigenvalue weighted by Gasteiger charge is 2.14. The third-order valence-corrected chi connectivity index (χ3v) is 4.75. The summed E-state index contributed by atoms with van der Waals surface area (Å²) in [5.41, 5.74) is 5.87. The number of ether oxygens (including phenoxy) is 2. The van der Waals surface area contributed by atoms with Crippen LogP contribution in [0.1, 0.15) is 21.9 Å². The van der Waals surface area contributed by atoms with Gasteiger partial charge in [0.25, 0.3) is 0 Å². The molecule has 0 atom stereocenters. The number of nitrogens with one attached hydrogen (secondary N) is 1. The van der Waals surface area contributed by atoms with Crippen LogP contribution in [0.3, 0.4) is 0 Å². The number of aromatic nitrogens is 1. The Labute approximate surface area is 173 Å². The van der Waals surface area contributed by atoms with Gasteiger partial charge in [-0.25, -0.2) is 5.43 Å². The lowest BCUT2D eigenvalue weighted by atomic mass is 10.2. The van der Waals surface area contributed by atoms with Crippen molar-refractivity contribution in [2.24, 2.45) is 5.10 Å². The predicted molar refractivity (Wildman–Crippen MR) is 115 cm³/mol. The Morgan fingerprint density at radius 3 is 2.60 bits per heavy atom. The van der Waals surface area contributed by atoms with Crippen LogP contribution in [0.4, 0.5) is 0 Å². The average molecular weight is 403 g/mol. The number of hydrazone groups is 1. The van der Waals surface area contributed by atoms with Crippen LogP contribution < -0.4 is 14.9 Å². The molecule has 4 aromatic rings. The van der Waals surface area contributed by atoms with Crippen molar-refractivity contribution in [1.29, 1.82) is 0 Å². The number of para-hydroxylation sites is 1. The van der Waals surface area contributed by atoms with Gasteiger partial charge in [-0.15, -0.1) is 0 Å². The third kappa shape index (κ3) is 3.65. The molecule has 0 aliphatic carbocycles. The number of aryl methyl sites for hydroxylation is 1. The molecule has 0 saturated carbocycles. The minimum Gasteiger partial charge on any atom is -0.497 e. The maximum absolute atomic E-state index is 12.5. The lowest BCUT2D eigenvalue weighted by Gasteiger charge is -2.10. The first-order chi connectivity index (χ1) is 14.6. The standard InChI is InChI=1S/C23H21N3O4/c1-15-7-8-18(26(15)17-9-11-19(28-2)12-10-17)14-24-25-23(27)21-13-16-5-4-6-20(29-3)22(16)30-21/h4-14H,1-3H3,(H,25,27)/b24-14+. The first kappa shape index (κ1) is 19.3. The predicted octanol–water partition coefficient (Wildman–Crippen LogP) is 4.31. The zero-order chi connectivity index (χ0) is 21.1. The van der Waals surface area contributed by atoms with E-state index in [4.69, 9.17) is 13.9 Å². The summed E-state index contributed by atoms with van der Waals surface area (Å²) < 4.78 is 18.2. The topological polar surface area (TPSA) is 78.0 Å². The Hall–Kier alpha value is -4.00. The molecule has 0 radical (unpaired) electrons. The van der Waals surface area contributed by atoms with Gasteiger partial charge in [0.15, 0.2) is 17.1 Å². The van der Waals surface area contributed by atoms with Crippen LogP contribution in [0.15, 0.2) is 70.2 Å². The Morgan fingerprint density at radius 2 is 1.87 bits per heavy atom.